The van der Waals surface area contributed by atoms with Crippen molar-refractivity contribution in [3.8, 4) is 0 Å². The van der Waals surface area contributed by atoms with Gasteiger partial charge in [0.2, 0.25) is 11.8 Å². The largest absolute Gasteiger partial charge is 0.338 e. The van der Waals surface area contributed by atoms with Crippen molar-refractivity contribution < 1.29 is 18.4 Å². The molecule has 9 heteroatoms. The summed E-state index contributed by atoms with van der Waals surface area (Å²) in [6.45, 7) is 4.90. The van der Waals surface area contributed by atoms with Gasteiger partial charge in [-0.05, 0) is 42.3 Å². The molecule has 0 N–H and O–H groups in total. The number of hydrogen-bond donors (Lipinski definition) is 0. The van der Waals surface area contributed by atoms with E-state index in [0.717, 1.165) is 25.1 Å². The summed E-state index contributed by atoms with van der Waals surface area (Å²) in [5.41, 5.74) is 1.70. The summed E-state index contributed by atoms with van der Waals surface area (Å²) < 4.78 is 27.4. The smallest absolute Gasteiger partial charge is 0.246 e. The van der Waals surface area contributed by atoms with Crippen LogP contribution in [0.4, 0.5) is 19.6 Å². The van der Waals surface area contributed by atoms with E-state index >= 15 is 0 Å². The molecule has 3 aromatic rings. The van der Waals surface area contributed by atoms with Gasteiger partial charge in [0.1, 0.15) is 11.6 Å². The highest BCUT2D eigenvalue weighted by Gasteiger charge is 2.21. The molecule has 1 saturated heterocycles. The first kappa shape index (κ1) is 24.7. The second-order valence-electron chi connectivity index (χ2n) is 8.28. The molecule has 0 unspecified atom stereocenters. The highest BCUT2D eigenvalue weighted by molar-refractivity contribution is 7.14. The quantitative estimate of drug-likeness (QED) is 0.458. The van der Waals surface area contributed by atoms with Gasteiger partial charge in [-0.2, -0.15) is 0 Å². The van der Waals surface area contributed by atoms with E-state index in [2.05, 4.69) is 9.88 Å². The fourth-order valence-corrected chi connectivity index (χ4v) is 4.80. The summed E-state index contributed by atoms with van der Waals surface area (Å²) in [6.07, 6.45) is 3.94. The number of aromatic nitrogens is 1. The molecule has 0 radical (unpaired) electrons. The maximum absolute atomic E-state index is 14.3. The van der Waals surface area contributed by atoms with Crippen LogP contribution in [0, 0.1) is 11.6 Å². The first-order valence-corrected chi connectivity index (χ1v) is 12.2. The van der Waals surface area contributed by atoms with Crippen LogP contribution in [0.1, 0.15) is 24.6 Å². The molecule has 6 nitrogen and oxygen atoms in total. The van der Waals surface area contributed by atoms with Gasteiger partial charge in [-0.15, -0.1) is 11.3 Å². The van der Waals surface area contributed by atoms with Gasteiger partial charge in [0.05, 0.1) is 11.4 Å². The van der Waals surface area contributed by atoms with E-state index in [1.807, 2.05) is 0 Å². The Balaban J connectivity index is 1.37. The minimum atomic E-state index is -0.514. The molecule has 0 saturated carbocycles. The Morgan fingerprint density at radius 2 is 1.83 bits per heavy atom. The number of nitrogens with zero attached hydrogens (tertiary/aromatic N) is 4. The Morgan fingerprint density at radius 3 is 2.57 bits per heavy atom. The second-order valence-corrected chi connectivity index (χ2v) is 9.11. The van der Waals surface area contributed by atoms with Gasteiger partial charge in [0.25, 0.3) is 0 Å². The number of thiazole rings is 1. The first-order chi connectivity index (χ1) is 16.9. The lowest BCUT2D eigenvalue weighted by Gasteiger charge is -2.21. The van der Waals surface area contributed by atoms with E-state index in [0.29, 0.717) is 30.5 Å². The van der Waals surface area contributed by atoms with Crippen LogP contribution in [0.2, 0.25) is 0 Å². The van der Waals surface area contributed by atoms with Crippen LogP contribution in [0.25, 0.3) is 6.08 Å². The van der Waals surface area contributed by atoms with Crippen molar-refractivity contribution >= 4 is 40.0 Å². The Hall–Kier alpha value is -3.43. The zero-order chi connectivity index (χ0) is 24.8. The fourth-order valence-electron chi connectivity index (χ4n) is 3.96. The third-order valence-corrected chi connectivity index (χ3v) is 6.57. The number of anilines is 2. The highest BCUT2D eigenvalue weighted by Crippen LogP contribution is 2.31. The Labute approximate surface area is 207 Å². The van der Waals surface area contributed by atoms with Crippen LogP contribution in [0.3, 0.4) is 0 Å². The van der Waals surface area contributed by atoms with Crippen LogP contribution >= 0.6 is 11.3 Å². The lowest BCUT2D eigenvalue weighted by Crippen LogP contribution is -2.34. The maximum Gasteiger partial charge on any atom is 0.246 e. The minimum absolute atomic E-state index is 0.110. The number of para-hydroxylation sites is 1. The lowest BCUT2D eigenvalue weighted by atomic mass is 10.2. The molecule has 1 aliphatic rings. The minimum Gasteiger partial charge on any atom is -0.338 e. The fraction of sp³-hybridized carbons (Fsp3) is 0.269. The molecule has 0 aliphatic carbocycles. The number of halogens is 2. The first-order valence-electron chi connectivity index (χ1n) is 11.4. The Morgan fingerprint density at radius 1 is 1.06 bits per heavy atom. The van der Waals surface area contributed by atoms with E-state index in [9.17, 15) is 18.4 Å². The average Bonchev–Trinajstić information content (AvgIpc) is 3.17. The predicted molar refractivity (Wildman–Crippen MR) is 133 cm³/mol. The third kappa shape index (κ3) is 6.37. The number of carbonyl (C=O) groups excluding carboxylic acids is 2. The molecule has 2 heterocycles. The summed E-state index contributed by atoms with van der Waals surface area (Å²) in [5, 5.41) is 2.06. The normalized spacial score (nSPS) is 14.8. The van der Waals surface area contributed by atoms with Crippen LogP contribution in [0.15, 0.2) is 60.0 Å². The molecule has 0 atom stereocenters. The molecule has 182 valence electrons. The summed E-state index contributed by atoms with van der Waals surface area (Å²) in [6, 6.07) is 12.5. The van der Waals surface area contributed by atoms with E-state index in [1.165, 1.54) is 53.5 Å². The highest BCUT2D eigenvalue weighted by atomic mass is 32.1. The predicted octanol–water partition coefficient (Wildman–Crippen LogP) is 4.85. The van der Waals surface area contributed by atoms with Crippen molar-refractivity contribution in [3.05, 3.63) is 82.9 Å². The van der Waals surface area contributed by atoms with Crippen LogP contribution in [-0.2, 0) is 16.1 Å². The van der Waals surface area contributed by atoms with Crippen LogP contribution < -0.4 is 4.90 Å². The zero-order valence-corrected chi connectivity index (χ0v) is 20.2. The number of rotatable bonds is 6. The summed E-state index contributed by atoms with van der Waals surface area (Å²) in [4.78, 5) is 34.7. The molecular weight excluding hydrogens is 470 g/mol. The molecule has 0 bridgehead atoms. The third-order valence-electron chi connectivity index (χ3n) is 5.73. The molecule has 2 amide bonds. The van der Waals surface area contributed by atoms with Gasteiger partial charge in [-0.25, -0.2) is 13.8 Å². The standard InChI is InChI=1S/C26H26F2N4O2S/c1-19(33)32(24-6-3-2-5-23(24)28)26-29-22(18-35-26)11-12-25(34)31-14-4-13-30(15-16-31)17-20-7-9-21(27)10-8-20/h2-3,5-12,18H,4,13-17H2,1H3/b12-11+. The van der Waals surface area contributed by atoms with Crippen molar-refractivity contribution in [1.82, 2.24) is 14.8 Å². The summed E-state index contributed by atoms with van der Waals surface area (Å²) in [7, 11) is 0. The van der Waals surface area contributed by atoms with Gasteiger partial charge in [0.15, 0.2) is 5.13 Å². The van der Waals surface area contributed by atoms with Crippen molar-refractivity contribution in [3.63, 3.8) is 0 Å². The van der Waals surface area contributed by atoms with Gasteiger partial charge in [0, 0.05) is 51.1 Å². The molecule has 1 aliphatic heterocycles. The molecule has 1 fully saturated rings. The van der Waals surface area contributed by atoms with E-state index in [4.69, 9.17) is 0 Å². The molecule has 35 heavy (non-hydrogen) atoms. The van der Waals surface area contributed by atoms with Crippen molar-refractivity contribution in [2.45, 2.75) is 19.9 Å². The van der Waals surface area contributed by atoms with Gasteiger partial charge in [-0.1, -0.05) is 24.3 Å². The van der Waals surface area contributed by atoms with Crippen LogP contribution in [-0.4, -0.2) is 52.8 Å². The van der Waals surface area contributed by atoms with Crippen molar-refractivity contribution in [2.75, 3.05) is 31.1 Å². The van der Waals surface area contributed by atoms with E-state index in [1.54, 1.807) is 40.6 Å². The number of carbonyl (C=O) groups is 2. The van der Waals surface area contributed by atoms with Gasteiger partial charge in [-0.3, -0.25) is 19.4 Å². The lowest BCUT2D eigenvalue weighted by molar-refractivity contribution is -0.125. The average molecular weight is 497 g/mol. The SMILES string of the molecule is CC(=O)N(c1nc(/C=C/C(=O)N2CCCN(Cc3ccc(F)cc3)CC2)cs1)c1ccccc1F. The molecule has 2 aromatic carbocycles. The van der Waals surface area contributed by atoms with E-state index < -0.39 is 5.82 Å². The van der Waals surface area contributed by atoms with Crippen LogP contribution in [0.5, 0.6) is 0 Å². The second kappa shape index (κ2) is 11.3. The summed E-state index contributed by atoms with van der Waals surface area (Å²) in [5.74, 6) is -1.23. The van der Waals surface area contributed by atoms with Crippen molar-refractivity contribution in [2.24, 2.45) is 0 Å². The monoisotopic (exact) mass is 496 g/mol. The molecule has 1 aromatic heterocycles. The van der Waals surface area contributed by atoms with Crippen molar-refractivity contribution in [1.29, 1.82) is 0 Å². The Kier molecular flexibility index (Phi) is 7.99. The number of amides is 2. The number of benzene rings is 2. The molecule has 0 spiro atoms. The zero-order valence-electron chi connectivity index (χ0n) is 19.4. The molecular formula is C26H26F2N4O2S. The topological polar surface area (TPSA) is 56.8 Å². The maximum atomic E-state index is 14.3. The van der Waals surface area contributed by atoms with Gasteiger partial charge >= 0.3 is 0 Å². The Bertz CT molecular complexity index is 1210. The number of hydrogen-bond acceptors (Lipinski definition) is 5. The van der Waals surface area contributed by atoms with E-state index in [-0.39, 0.29) is 23.3 Å². The van der Waals surface area contributed by atoms with Gasteiger partial charge < -0.3 is 4.90 Å². The summed E-state index contributed by atoms with van der Waals surface area (Å²) >= 11 is 1.20. The molecule has 4 rings (SSSR count).